The van der Waals surface area contributed by atoms with E-state index in [2.05, 4.69) is 19.2 Å². The van der Waals surface area contributed by atoms with Crippen LogP contribution in [0, 0.1) is 5.41 Å². The summed E-state index contributed by atoms with van der Waals surface area (Å²) in [6, 6.07) is 0. The average molecular weight is 157 g/mol. The summed E-state index contributed by atoms with van der Waals surface area (Å²) in [6.45, 7) is 5.64. The number of hydrogen-bond acceptors (Lipinski definition) is 1. The second kappa shape index (κ2) is 2.87. The molecule has 0 saturated carbocycles. The molecule has 0 radical (unpaired) electrons. The van der Waals surface area contributed by atoms with Gasteiger partial charge in [0.2, 0.25) is 0 Å². The Morgan fingerprint density at radius 2 is 2.20 bits per heavy atom. The minimum absolute atomic E-state index is 0.431. The molecule has 1 heterocycles. The Balaban J connectivity index is 2.54. The Bertz CT molecular complexity index is 140. The van der Waals surface area contributed by atoms with Gasteiger partial charge in [-0.2, -0.15) is 0 Å². The van der Waals surface area contributed by atoms with Crippen molar-refractivity contribution >= 4 is 17.2 Å². The lowest BCUT2D eigenvalue weighted by atomic mass is 9.85. The highest BCUT2D eigenvalue weighted by Crippen LogP contribution is 2.28. The quantitative estimate of drug-likeness (QED) is 0.540. The van der Waals surface area contributed by atoms with Crippen LogP contribution < -0.4 is 5.32 Å². The van der Waals surface area contributed by atoms with Crippen molar-refractivity contribution in [2.24, 2.45) is 5.41 Å². The molecule has 0 aliphatic carbocycles. The lowest BCUT2D eigenvalue weighted by Gasteiger charge is -2.20. The molecule has 1 aliphatic heterocycles. The van der Waals surface area contributed by atoms with Crippen LogP contribution in [0.4, 0.5) is 0 Å². The Hall–Kier alpha value is -0.110. The van der Waals surface area contributed by atoms with Gasteiger partial charge in [-0.25, -0.2) is 0 Å². The van der Waals surface area contributed by atoms with Crippen LogP contribution in [0.1, 0.15) is 33.1 Å². The van der Waals surface area contributed by atoms with Crippen LogP contribution in [0.3, 0.4) is 0 Å². The van der Waals surface area contributed by atoms with Crippen LogP contribution in [-0.2, 0) is 0 Å². The zero-order valence-corrected chi connectivity index (χ0v) is 7.55. The molecule has 1 nitrogen and oxygen atoms in total. The normalized spacial score (nSPS) is 25.2. The molecular formula is C8H15NS. The fraction of sp³-hybridized carbons (Fsp3) is 0.875. The van der Waals surface area contributed by atoms with Gasteiger partial charge >= 0.3 is 0 Å². The fourth-order valence-corrected chi connectivity index (χ4v) is 1.87. The van der Waals surface area contributed by atoms with E-state index in [0.29, 0.717) is 5.41 Å². The van der Waals surface area contributed by atoms with Crippen molar-refractivity contribution in [2.75, 3.05) is 6.54 Å². The number of hydrogen-bond donors (Lipinski definition) is 1. The topological polar surface area (TPSA) is 12.0 Å². The maximum Gasteiger partial charge on any atom is 0.0758 e. The molecule has 1 N–H and O–H groups in total. The molecule has 0 amide bonds. The molecule has 2 heteroatoms. The first kappa shape index (κ1) is 7.99. The Kier molecular flexibility index (Phi) is 2.29. The van der Waals surface area contributed by atoms with E-state index in [-0.39, 0.29) is 0 Å². The molecule has 1 aliphatic rings. The highest BCUT2D eigenvalue weighted by molar-refractivity contribution is 7.80. The van der Waals surface area contributed by atoms with Gasteiger partial charge < -0.3 is 5.32 Å². The molecule has 58 valence electrons. The van der Waals surface area contributed by atoms with E-state index in [4.69, 9.17) is 12.2 Å². The summed E-state index contributed by atoms with van der Waals surface area (Å²) in [7, 11) is 0. The average Bonchev–Trinajstić information content (AvgIpc) is 1.90. The van der Waals surface area contributed by atoms with Gasteiger partial charge in [-0.05, 0) is 18.3 Å². The van der Waals surface area contributed by atoms with Crippen LogP contribution in [0.2, 0.25) is 0 Å². The summed E-state index contributed by atoms with van der Waals surface area (Å²) >= 11 is 5.13. The van der Waals surface area contributed by atoms with Gasteiger partial charge in [-0.1, -0.05) is 26.1 Å². The molecule has 0 aromatic rings. The van der Waals surface area contributed by atoms with E-state index in [1.807, 2.05) is 0 Å². The predicted molar refractivity (Wildman–Crippen MR) is 48.2 cm³/mol. The van der Waals surface area contributed by atoms with Crippen LogP contribution in [0.25, 0.3) is 0 Å². The lowest BCUT2D eigenvalue weighted by Crippen LogP contribution is -2.22. The third kappa shape index (κ3) is 2.25. The van der Waals surface area contributed by atoms with E-state index >= 15 is 0 Å². The first-order valence-corrected chi connectivity index (χ1v) is 4.28. The summed E-state index contributed by atoms with van der Waals surface area (Å²) in [5.74, 6) is 0. The predicted octanol–water partition coefficient (Wildman–Crippen LogP) is 2.11. The first-order chi connectivity index (χ1) is 4.60. The van der Waals surface area contributed by atoms with E-state index in [1.165, 1.54) is 12.8 Å². The van der Waals surface area contributed by atoms with Crippen LogP contribution in [-0.4, -0.2) is 11.5 Å². The van der Waals surface area contributed by atoms with Crippen molar-refractivity contribution in [1.82, 2.24) is 5.32 Å². The fourth-order valence-electron chi connectivity index (χ4n) is 1.38. The van der Waals surface area contributed by atoms with Crippen LogP contribution >= 0.6 is 12.2 Å². The highest BCUT2D eigenvalue weighted by atomic mass is 32.1. The molecule has 0 aromatic heterocycles. The van der Waals surface area contributed by atoms with E-state index in [9.17, 15) is 0 Å². The third-order valence-corrected chi connectivity index (χ3v) is 2.28. The summed E-state index contributed by atoms with van der Waals surface area (Å²) in [4.78, 5) is 1.04. The van der Waals surface area contributed by atoms with Crippen molar-refractivity contribution in [2.45, 2.75) is 33.1 Å². The summed E-state index contributed by atoms with van der Waals surface area (Å²) in [5.41, 5.74) is 0.431. The van der Waals surface area contributed by atoms with E-state index in [0.717, 1.165) is 18.0 Å². The Labute approximate surface area is 68.2 Å². The monoisotopic (exact) mass is 157 g/mol. The van der Waals surface area contributed by atoms with Crippen LogP contribution in [0.15, 0.2) is 0 Å². The molecule has 10 heavy (non-hydrogen) atoms. The summed E-state index contributed by atoms with van der Waals surface area (Å²) < 4.78 is 0. The maximum atomic E-state index is 5.13. The first-order valence-electron chi connectivity index (χ1n) is 3.87. The standard InChI is InChI=1S/C8H15NS/c1-8(2)4-3-5-9-7(10)6-8/h3-6H2,1-2H3,(H,9,10). The number of rotatable bonds is 0. The minimum atomic E-state index is 0.431. The summed E-state index contributed by atoms with van der Waals surface area (Å²) in [6.07, 6.45) is 3.61. The van der Waals surface area contributed by atoms with Gasteiger partial charge in [0.25, 0.3) is 0 Å². The van der Waals surface area contributed by atoms with Gasteiger partial charge in [0, 0.05) is 13.0 Å². The maximum absolute atomic E-state index is 5.13. The molecule has 0 atom stereocenters. The molecule has 0 aromatic carbocycles. The number of nitrogens with one attached hydrogen (secondary N) is 1. The summed E-state index contributed by atoms with van der Waals surface area (Å²) in [5, 5.41) is 3.23. The molecular weight excluding hydrogens is 142 g/mol. The second-order valence-electron chi connectivity index (χ2n) is 3.79. The Morgan fingerprint density at radius 1 is 1.50 bits per heavy atom. The number of thiocarbonyl (C=S) groups is 1. The van der Waals surface area contributed by atoms with Crippen molar-refractivity contribution < 1.29 is 0 Å². The molecule has 1 fully saturated rings. The van der Waals surface area contributed by atoms with Crippen molar-refractivity contribution in [3.8, 4) is 0 Å². The van der Waals surface area contributed by atoms with Gasteiger partial charge in [0.15, 0.2) is 0 Å². The van der Waals surface area contributed by atoms with Crippen molar-refractivity contribution in [3.63, 3.8) is 0 Å². The molecule has 1 saturated heterocycles. The van der Waals surface area contributed by atoms with Crippen molar-refractivity contribution in [3.05, 3.63) is 0 Å². The molecule has 0 spiro atoms. The van der Waals surface area contributed by atoms with E-state index < -0.39 is 0 Å². The smallest absolute Gasteiger partial charge is 0.0758 e. The van der Waals surface area contributed by atoms with E-state index in [1.54, 1.807) is 0 Å². The second-order valence-corrected chi connectivity index (χ2v) is 4.29. The van der Waals surface area contributed by atoms with Gasteiger partial charge in [0.1, 0.15) is 0 Å². The minimum Gasteiger partial charge on any atom is -0.380 e. The highest BCUT2D eigenvalue weighted by Gasteiger charge is 2.21. The van der Waals surface area contributed by atoms with Gasteiger partial charge in [-0.15, -0.1) is 0 Å². The van der Waals surface area contributed by atoms with Gasteiger partial charge in [-0.3, -0.25) is 0 Å². The molecule has 1 rings (SSSR count). The zero-order chi connectivity index (χ0) is 7.61. The largest absolute Gasteiger partial charge is 0.380 e. The van der Waals surface area contributed by atoms with Crippen molar-refractivity contribution in [1.29, 1.82) is 0 Å². The zero-order valence-electron chi connectivity index (χ0n) is 6.74. The SMILES string of the molecule is CC1(C)CCCNC(=S)C1. The van der Waals surface area contributed by atoms with Gasteiger partial charge in [0.05, 0.1) is 4.99 Å². The lowest BCUT2D eigenvalue weighted by molar-refractivity contribution is 0.352. The molecule has 0 unspecified atom stereocenters. The third-order valence-electron chi connectivity index (χ3n) is 1.99. The molecule has 0 bridgehead atoms. The Morgan fingerprint density at radius 3 is 2.90 bits per heavy atom. The van der Waals surface area contributed by atoms with Crippen LogP contribution in [0.5, 0.6) is 0 Å².